The molecule has 0 radical (unpaired) electrons. The van der Waals surface area contributed by atoms with E-state index >= 15 is 0 Å². The minimum atomic E-state index is -0.0597. The monoisotopic (exact) mass is 453 g/mol. The number of rotatable bonds is 6. The summed E-state index contributed by atoms with van der Waals surface area (Å²) >= 11 is 4.75. The van der Waals surface area contributed by atoms with E-state index in [4.69, 9.17) is 4.74 Å². The van der Waals surface area contributed by atoms with Crippen molar-refractivity contribution in [2.45, 2.75) is 44.5 Å². The highest BCUT2D eigenvalue weighted by Crippen LogP contribution is 2.21. The van der Waals surface area contributed by atoms with E-state index in [1.54, 1.807) is 10.6 Å². The number of nitrogens with zero attached hydrogens (tertiary/aromatic N) is 3. The van der Waals surface area contributed by atoms with Crippen LogP contribution in [-0.2, 0) is 16.1 Å². The van der Waals surface area contributed by atoms with Gasteiger partial charge in [0.1, 0.15) is 0 Å². The molecule has 0 spiro atoms. The van der Waals surface area contributed by atoms with E-state index < -0.39 is 0 Å². The molecule has 1 aliphatic heterocycles. The zero-order valence-electron chi connectivity index (χ0n) is 15.6. The fourth-order valence-corrected chi connectivity index (χ4v) is 4.40. The maximum Gasteiger partial charge on any atom is 0.262 e. The molecule has 8 heteroatoms. The summed E-state index contributed by atoms with van der Waals surface area (Å²) in [7, 11) is 0. The Bertz CT molecular complexity index is 886. The van der Waals surface area contributed by atoms with Gasteiger partial charge in [-0.1, -0.05) is 41.5 Å². The lowest BCUT2D eigenvalue weighted by atomic mass is 10.2. The van der Waals surface area contributed by atoms with Crippen LogP contribution in [0.1, 0.15) is 26.7 Å². The molecule has 2 aromatic rings. The molecule has 146 valence electrons. The molecular formula is C19H24BrN3O3S. The van der Waals surface area contributed by atoms with Crippen molar-refractivity contribution in [3.8, 4) is 0 Å². The van der Waals surface area contributed by atoms with Gasteiger partial charge in [-0.15, -0.1) is 0 Å². The van der Waals surface area contributed by atoms with E-state index in [-0.39, 0.29) is 23.3 Å². The van der Waals surface area contributed by atoms with Crippen LogP contribution in [0.25, 0.3) is 10.9 Å². The van der Waals surface area contributed by atoms with Crippen molar-refractivity contribution in [2.24, 2.45) is 0 Å². The molecule has 0 aliphatic carbocycles. The molecular weight excluding hydrogens is 430 g/mol. The topological polar surface area (TPSA) is 64.4 Å². The zero-order valence-corrected chi connectivity index (χ0v) is 18.0. The Labute approximate surface area is 171 Å². The minimum absolute atomic E-state index is 0.0597. The highest BCUT2D eigenvalue weighted by atomic mass is 79.9. The van der Waals surface area contributed by atoms with Crippen LogP contribution in [-0.4, -0.2) is 51.9 Å². The molecule has 27 heavy (non-hydrogen) atoms. The highest BCUT2D eigenvalue weighted by molar-refractivity contribution is 9.10. The third kappa shape index (κ3) is 4.73. The van der Waals surface area contributed by atoms with Crippen LogP contribution in [0.3, 0.4) is 0 Å². The van der Waals surface area contributed by atoms with Gasteiger partial charge in [0.05, 0.1) is 29.4 Å². The zero-order chi connectivity index (χ0) is 19.4. The molecule has 0 N–H and O–H groups in total. The average Bonchev–Trinajstić information content (AvgIpc) is 2.69. The molecule has 1 unspecified atom stereocenters. The Morgan fingerprint density at radius 3 is 2.96 bits per heavy atom. The lowest BCUT2D eigenvalue weighted by Crippen LogP contribution is -2.46. The number of aromatic nitrogens is 2. The van der Waals surface area contributed by atoms with Gasteiger partial charge in [-0.2, -0.15) is 0 Å². The number of benzene rings is 1. The molecule has 1 amide bonds. The van der Waals surface area contributed by atoms with E-state index in [2.05, 4.69) is 27.8 Å². The molecule has 1 atom stereocenters. The fraction of sp³-hybridized carbons (Fsp3) is 0.526. The summed E-state index contributed by atoms with van der Waals surface area (Å²) in [4.78, 5) is 32.0. The smallest absolute Gasteiger partial charge is 0.262 e. The molecule has 1 saturated heterocycles. The van der Waals surface area contributed by atoms with Crippen molar-refractivity contribution in [3.63, 3.8) is 0 Å². The van der Waals surface area contributed by atoms with Crippen molar-refractivity contribution >= 4 is 44.5 Å². The lowest BCUT2D eigenvalue weighted by molar-refractivity contribution is -0.135. The second kappa shape index (κ2) is 9.21. The molecule has 1 aromatic heterocycles. The molecule has 3 rings (SSSR count). The van der Waals surface area contributed by atoms with Crippen LogP contribution in [0.4, 0.5) is 0 Å². The van der Waals surface area contributed by atoms with Gasteiger partial charge in [0.2, 0.25) is 5.91 Å². The standard InChI is InChI=1S/C19H24BrN3O3S/c1-3-7-23-18(25)15-10-13(20)5-6-16(15)21-19(23)27-12-17(24)22-8-9-26-14(4-2)11-22/h5-6,10,14H,3-4,7-9,11-12H2,1-2H3. The van der Waals surface area contributed by atoms with Crippen molar-refractivity contribution in [1.82, 2.24) is 14.5 Å². The Morgan fingerprint density at radius 2 is 2.22 bits per heavy atom. The van der Waals surface area contributed by atoms with E-state index in [1.165, 1.54) is 11.8 Å². The van der Waals surface area contributed by atoms with E-state index in [0.717, 1.165) is 17.3 Å². The second-order valence-electron chi connectivity index (χ2n) is 6.54. The van der Waals surface area contributed by atoms with Gasteiger partial charge in [-0.05, 0) is 31.0 Å². The first-order chi connectivity index (χ1) is 13.0. The minimum Gasteiger partial charge on any atom is -0.375 e. The molecule has 1 fully saturated rings. The van der Waals surface area contributed by atoms with Crippen LogP contribution in [0.5, 0.6) is 0 Å². The molecule has 1 aromatic carbocycles. The second-order valence-corrected chi connectivity index (χ2v) is 8.40. The Balaban J connectivity index is 1.81. The van der Waals surface area contributed by atoms with E-state index in [0.29, 0.717) is 42.3 Å². The third-order valence-electron chi connectivity index (χ3n) is 4.60. The van der Waals surface area contributed by atoms with Gasteiger partial charge in [-0.25, -0.2) is 4.98 Å². The first-order valence-electron chi connectivity index (χ1n) is 9.25. The van der Waals surface area contributed by atoms with Crippen molar-refractivity contribution in [1.29, 1.82) is 0 Å². The van der Waals surface area contributed by atoms with Gasteiger partial charge < -0.3 is 9.64 Å². The Kier molecular flexibility index (Phi) is 6.94. The molecule has 2 heterocycles. The normalized spacial score (nSPS) is 17.4. The summed E-state index contributed by atoms with van der Waals surface area (Å²) in [6.45, 7) is 6.51. The molecule has 0 saturated carbocycles. The summed E-state index contributed by atoms with van der Waals surface area (Å²) in [6, 6.07) is 5.50. The number of carbonyl (C=O) groups excluding carboxylic acids is 1. The predicted molar refractivity (Wildman–Crippen MR) is 111 cm³/mol. The first-order valence-corrected chi connectivity index (χ1v) is 11.0. The largest absolute Gasteiger partial charge is 0.375 e. The average molecular weight is 454 g/mol. The van der Waals surface area contributed by atoms with Crippen LogP contribution in [0.15, 0.2) is 32.6 Å². The molecule has 0 bridgehead atoms. The van der Waals surface area contributed by atoms with Crippen molar-refractivity contribution < 1.29 is 9.53 Å². The fourth-order valence-electron chi connectivity index (χ4n) is 3.11. The Hall–Kier alpha value is -1.38. The summed E-state index contributed by atoms with van der Waals surface area (Å²) < 4.78 is 8.17. The quantitative estimate of drug-likeness (QED) is 0.495. The summed E-state index contributed by atoms with van der Waals surface area (Å²) in [5, 5.41) is 1.19. The van der Waals surface area contributed by atoms with Crippen LogP contribution in [0, 0.1) is 0 Å². The number of morpholine rings is 1. The first kappa shape index (κ1) is 20.4. The van der Waals surface area contributed by atoms with E-state index in [1.807, 2.05) is 24.0 Å². The number of amides is 1. The number of ether oxygens (including phenoxy) is 1. The number of thioether (sulfide) groups is 1. The maximum absolute atomic E-state index is 12.9. The summed E-state index contributed by atoms with van der Waals surface area (Å²) in [5.41, 5.74) is 0.596. The van der Waals surface area contributed by atoms with Crippen LogP contribution in [0.2, 0.25) is 0 Å². The molecule has 1 aliphatic rings. The maximum atomic E-state index is 12.9. The number of fused-ring (bicyclic) bond motifs is 1. The highest BCUT2D eigenvalue weighted by Gasteiger charge is 2.23. The number of halogens is 1. The van der Waals surface area contributed by atoms with Gasteiger partial charge in [-0.3, -0.25) is 14.2 Å². The summed E-state index contributed by atoms with van der Waals surface area (Å²) in [5.74, 6) is 0.337. The lowest BCUT2D eigenvalue weighted by Gasteiger charge is -2.32. The third-order valence-corrected chi connectivity index (χ3v) is 6.05. The van der Waals surface area contributed by atoms with Gasteiger partial charge in [0.25, 0.3) is 5.56 Å². The van der Waals surface area contributed by atoms with Gasteiger partial charge in [0, 0.05) is 24.1 Å². The Morgan fingerprint density at radius 1 is 1.41 bits per heavy atom. The van der Waals surface area contributed by atoms with Crippen molar-refractivity contribution in [2.75, 3.05) is 25.4 Å². The molecule has 6 nitrogen and oxygen atoms in total. The number of carbonyl (C=O) groups is 1. The van der Waals surface area contributed by atoms with Gasteiger partial charge >= 0.3 is 0 Å². The van der Waals surface area contributed by atoms with Crippen LogP contribution < -0.4 is 5.56 Å². The van der Waals surface area contributed by atoms with Crippen molar-refractivity contribution in [3.05, 3.63) is 33.0 Å². The predicted octanol–water partition coefficient (Wildman–Crippen LogP) is 3.30. The number of hydrogen-bond acceptors (Lipinski definition) is 5. The van der Waals surface area contributed by atoms with Gasteiger partial charge in [0.15, 0.2) is 5.16 Å². The van der Waals surface area contributed by atoms with Crippen LogP contribution >= 0.6 is 27.7 Å². The SMILES string of the molecule is CCCn1c(SCC(=O)N2CCOC(CC)C2)nc2ccc(Br)cc2c1=O. The summed E-state index contributed by atoms with van der Waals surface area (Å²) in [6.07, 6.45) is 1.84. The van der Waals surface area contributed by atoms with E-state index in [9.17, 15) is 9.59 Å². The number of hydrogen-bond donors (Lipinski definition) is 0.